The summed E-state index contributed by atoms with van der Waals surface area (Å²) in [6.45, 7) is 4.26. The lowest BCUT2D eigenvalue weighted by Gasteiger charge is -2.14. The van der Waals surface area contributed by atoms with Gasteiger partial charge in [0.15, 0.2) is 0 Å². The van der Waals surface area contributed by atoms with Crippen molar-refractivity contribution in [1.82, 2.24) is 0 Å². The van der Waals surface area contributed by atoms with Gasteiger partial charge in [0.05, 0.1) is 5.56 Å². The molecule has 0 aliphatic heterocycles. The van der Waals surface area contributed by atoms with E-state index in [1.165, 1.54) is 5.56 Å². The third-order valence-electron chi connectivity index (χ3n) is 3.82. The first-order valence-electron chi connectivity index (χ1n) is 7.33. The molecule has 110 valence electrons. The maximum absolute atomic E-state index is 11.9. The van der Waals surface area contributed by atoms with E-state index in [0.29, 0.717) is 17.2 Å². The highest BCUT2D eigenvalue weighted by molar-refractivity contribution is 5.84. The van der Waals surface area contributed by atoms with Gasteiger partial charge in [0.25, 0.3) is 5.43 Å². The van der Waals surface area contributed by atoms with Crippen LogP contribution in [0.5, 0.6) is 0 Å². The fourth-order valence-corrected chi connectivity index (χ4v) is 2.49. The fourth-order valence-electron chi connectivity index (χ4n) is 2.49. The van der Waals surface area contributed by atoms with E-state index < -0.39 is 10.9 Å². The van der Waals surface area contributed by atoms with Crippen molar-refractivity contribution < 1.29 is 0 Å². The van der Waals surface area contributed by atoms with Gasteiger partial charge in [-0.1, -0.05) is 56.3 Å². The SMILES string of the molecule is CC(C)c1ccc(Nc2c(-c3ccccc3)c(=O)c2=O)cc1. The molecule has 0 aliphatic rings. The third-order valence-corrected chi connectivity index (χ3v) is 3.82. The topological polar surface area (TPSA) is 46.2 Å². The van der Waals surface area contributed by atoms with Gasteiger partial charge in [-0.05, 0) is 29.2 Å². The average molecular weight is 291 g/mol. The average Bonchev–Trinajstić information content (AvgIpc) is 2.55. The molecule has 0 unspecified atom stereocenters. The molecule has 22 heavy (non-hydrogen) atoms. The Labute approximate surface area is 128 Å². The van der Waals surface area contributed by atoms with Crippen LogP contribution < -0.4 is 16.2 Å². The first kappa shape index (κ1) is 14.3. The van der Waals surface area contributed by atoms with Crippen molar-refractivity contribution in [2.24, 2.45) is 0 Å². The Balaban J connectivity index is 1.92. The quantitative estimate of drug-likeness (QED) is 0.743. The van der Waals surface area contributed by atoms with E-state index in [2.05, 4.69) is 19.2 Å². The number of hydrogen-bond acceptors (Lipinski definition) is 3. The lowest BCUT2D eigenvalue weighted by Crippen LogP contribution is -2.35. The standard InChI is InChI=1S/C19H17NO2/c1-12(2)13-8-10-15(11-9-13)20-17-16(18(21)19(17)22)14-6-4-3-5-7-14/h3-12,20H,1-2H3. The molecule has 0 aliphatic carbocycles. The van der Waals surface area contributed by atoms with Crippen LogP contribution in [-0.2, 0) is 0 Å². The Morgan fingerprint density at radius 3 is 2.05 bits per heavy atom. The summed E-state index contributed by atoms with van der Waals surface area (Å²) in [5.41, 5.74) is 2.80. The molecule has 0 spiro atoms. The van der Waals surface area contributed by atoms with Crippen LogP contribution in [0.15, 0.2) is 64.2 Å². The minimum atomic E-state index is -0.452. The van der Waals surface area contributed by atoms with Gasteiger partial charge in [-0.2, -0.15) is 0 Å². The zero-order valence-corrected chi connectivity index (χ0v) is 12.6. The molecular weight excluding hydrogens is 274 g/mol. The zero-order chi connectivity index (χ0) is 15.7. The smallest absolute Gasteiger partial charge is 0.250 e. The molecule has 1 N–H and O–H groups in total. The van der Waals surface area contributed by atoms with Gasteiger partial charge in [-0.3, -0.25) is 9.59 Å². The monoisotopic (exact) mass is 291 g/mol. The minimum absolute atomic E-state index is 0.383. The lowest BCUT2D eigenvalue weighted by atomic mass is 9.98. The van der Waals surface area contributed by atoms with Crippen LogP contribution in [-0.4, -0.2) is 0 Å². The van der Waals surface area contributed by atoms with E-state index in [1.807, 2.05) is 54.6 Å². The van der Waals surface area contributed by atoms with Gasteiger partial charge < -0.3 is 5.32 Å². The van der Waals surface area contributed by atoms with Crippen molar-refractivity contribution in [3.63, 3.8) is 0 Å². The predicted molar refractivity (Wildman–Crippen MR) is 90.6 cm³/mol. The molecule has 3 aromatic carbocycles. The van der Waals surface area contributed by atoms with Crippen molar-refractivity contribution in [3.05, 3.63) is 80.6 Å². The van der Waals surface area contributed by atoms with Gasteiger partial charge in [-0.15, -0.1) is 0 Å². The molecular formula is C19H17NO2. The number of benzene rings is 2. The maximum Gasteiger partial charge on any atom is 0.250 e. The Hall–Kier alpha value is -2.68. The van der Waals surface area contributed by atoms with E-state index >= 15 is 0 Å². The normalized spacial score (nSPS) is 11.0. The van der Waals surface area contributed by atoms with Gasteiger partial charge in [0.1, 0.15) is 5.69 Å². The number of hydrogen-bond donors (Lipinski definition) is 1. The summed E-state index contributed by atoms with van der Waals surface area (Å²) in [6, 6.07) is 17.2. The second-order valence-electron chi connectivity index (χ2n) is 5.68. The van der Waals surface area contributed by atoms with Gasteiger partial charge in [0, 0.05) is 5.69 Å². The third kappa shape index (κ3) is 2.46. The molecule has 0 amide bonds. The molecule has 3 nitrogen and oxygen atoms in total. The largest absolute Gasteiger partial charge is 0.352 e. The van der Waals surface area contributed by atoms with E-state index in [-0.39, 0.29) is 0 Å². The van der Waals surface area contributed by atoms with Crippen LogP contribution in [0.25, 0.3) is 11.1 Å². The lowest BCUT2D eigenvalue weighted by molar-refractivity contribution is 0.867. The molecule has 0 saturated carbocycles. The van der Waals surface area contributed by atoms with Gasteiger partial charge in [0.2, 0.25) is 5.43 Å². The Bertz CT molecular complexity index is 855. The van der Waals surface area contributed by atoms with Crippen LogP contribution in [0.3, 0.4) is 0 Å². The highest BCUT2D eigenvalue weighted by Crippen LogP contribution is 2.26. The number of nitrogens with one attached hydrogen (secondary N) is 1. The molecule has 3 heteroatoms. The van der Waals surface area contributed by atoms with Crippen LogP contribution in [0.4, 0.5) is 11.4 Å². The van der Waals surface area contributed by atoms with E-state index in [9.17, 15) is 9.59 Å². The van der Waals surface area contributed by atoms with Crippen LogP contribution in [0, 0.1) is 0 Å². The van der Waals surface area contributed by atoms with Gasteiger partial charge >= 0.3 is 0 Å². The summed E-state index contributed by atoms with van der Waals surface area (Å²) in [6.07, 6.45) is 0. The Kier molecular flexibility index (Phi) is 3.63. The fraction of sp³-hybridized carbons (Fsp3) is 0.158. The number of anilines is 2. The van der Waals surface area contributed by atoms with E-state index in [1.54, 1.807) is 0 Å². The summed E-state index contributed by atoms with van der Waals surface area (Å²) in [5, 5.41) is 3.08. The number of rotatable bonds is 4. The minimum Gasteiger partial charge on any atom is -0.352 e. The van der Waals surface area contributed by atoms with Gasteiger partial charge in [-0.25, -0.2) is 0 Å². The Morgan fingerprint density at radius 2 is 1.45 bits per heavy atom. The summed E-state index contributed by atoms with van der Waals surface area (Å²) < 4.78 is 0. The molecule has 0 fully saturated rings. The first-order valence-corrected chi connectivity index (χ1v) is 7.33. The molecule has 0 radical (unpaired) electrons. The van der Waals surface area contributed by atoms with Crippen molar-refractivity contribution >= 4 is 11.4 Å². The summed E-state index contributed by atoms with van der Waals surface area (Å²) in [5.74, 6) is 0.458. The van der Waals surface area contributed by atoms with Crippen LogP contribution in [0.1, 0.15) is 25.3 Å². The molecule has 0 aromatic heterocycles. The second-order valence-corrected chi connectivity index (χ2v) is 5.68. The van der Waals surface area contributed by atoms with E-state index in [0.717, 1.165) is 11.3 Å². The maximum atomic E-state index is 11.9. The molecule has 0 heterocycles. The van der Waals surface area contributed by atoms with Crippen molar-refractivity contribution in [2.45, 2.75) is 19.8 Å². The summed E-state index contributed by atoms with van der Waals surface area (Å²) in [4.78, 5) is 23.7. The Morgan fingerprint density at radius 1 is 0.818 bits per heavy atom. The predicted octanol–water partition coefficient (Wildman–Crippen LogP) is 3.82. The molecule has 0 bridgehead atoms. The van der Waals surface area contributed by atoms with Crippen molar-refractivity contribution in [3.8, 4) is 11.1 Å². The summed E-state index contributed by atoms with van der Waals surface area (Å²) in [7, 11) is 0. The summed E-state index contributed by atoms with van der Waals surface area (Å²) >= 11 is 0. The van der Waals surface area contributed by atoms with Crippen LogP contribution in [0.2, 0.25) is 0 Å². The second kappa shape index (κ2) is 5.60. The van der Waals surface area contributed by atoms with Crippen molar-refractivity contribution in [1.29, 1.82) is 0 Å². The van der Waals surface area contributed by atoms with Crippen LogP contribution >= 0.6 is 0 Å². The van der Waals surface area contributed by atoms with E-state index in [4.69, 9.17) is 0 Å². The molecule has 0 saturated heterocycles. The zero-order valence-electron chi connectivity index (χ0n) is 12.6. The van der Waals surface area contributed by atoms with Crippen molar-refractivity contribution in [2.75, 3.05) is 5.32 Å². The highest BCUT2D eigenvalue weighted by Gasteiger charge is 2.22. The first-order chi connectivity index (χ1) is 10.6. The highest BCUT2D eigenvalue weighted by atomic mass is 16.2. The molecule has 3 rings (SSSR count). The molecule has 0 atom stereocenters. The molecule has 3 aromatic rings.